The van der Waals surface area contributed by atoms with Crippen LogP contribution in [-0.4, -0.2) is 56.9 Å². The summed E-state index contributed by atoms with van der Waals surface area (Å²) in [6, 6.07) is -0.839. The van der Waals surface area contributed by atoms with Crippen LogP contribution < -0.4 is 16.8 Å². The van der Waals surface area contributed by atoms with Crippen molar-refractivity contribution in [1.29, 1.82) is 0 Å². The number of imidazole rings is 1. The molecule has 17 nitrogen and oxygen atoms in total. The van der Waals surface area contributed by atoms with E-state index in [4.69, 9.17) is 25.8 Å². The minimum atomic E-state index is -5.68. The maximum atomic E-state index is 15.6. The molecule has 2 aliphatic rings. The predicted molar refractivity (Wildman–Crippen MR) is 102 cm³/mol. The fraction of sp³-hybridized carbons (Fsp3) is 0.545. The summed E-state index contributed by atoms with van der Waals surface area (Å²) in [5.41, 5.74) is 9.52. The van der Waals surface area contributed by atoms with Crippen LogP contribution in [0.4, 0.5) is 16.2 Å². The molecule has 0 aromatic carbocycles. The highest BCUT2D eigenvalue weighted by molar-refractivity contribution is 7.66. The molecular weight excluding hydrogens is 502 g/mol. The van der Waals surface area contributed by atoms with Crippen LogP contribution in [0.1, 0.15) is 13.1 Å². The zero-order valence-electron chi connectivity index (χ0n) is 15.8. The number of hydrogen-bond donors (Lipinski definition) is 7. The summed E-state index contributed by atoms with van der Waals surface area (Å²) in [5.74, 6) is -1.20. The monoisotopic (exact) mass is 519 g/mol. The van der Waals surface area contributed by atoms with Crippen molar-refractivity contribution in [2.24, 2.45) is 5.92 Å². The number of aromatic nitrogens is 4. The Morgan fingerprint density at radius 2 is 1.81 bits per heavy atom. The lowest BCUT2D eigenvalue weighted by molar-refractivity contribution is 0.0581. The van der Waals surface area contributed by atoms with Gasteiger partial charge in [0.15, 0.2) is 11.5 Å². The Hall–Kier alpha value is -1.55. The number of halogens is 1. The normalized spacial score (nSPS) is 33.6. The van der Waals surface area contributed by atoms with E-state index < -0.39 is 53.4 Å². The molecule has 3 heterocycles. The molecule has 9 N–H and O–H groups in total. The summed E-state index contributed by atoms with van der Waals surface area (Å²) in [5, 5.41) is 2.83. The van der Waals surface area contributed by atoms with Crippen LogP contribution in [0.2, 0.25) is 0 Å². The average Bonchev–Trinajstić information content (AvgIpc) is 2.92. The van der Waals surface area contributed by atoms with Gasteiger partial charge in [-0.25, -0.2) is 23.1 Å². The summed E-state index contributed by atoms with van der Waals surface area (Å²) < 4.78 is 63.1. The number of hydrogen-bond acceptors (Lipinski definition) is 12. The maximum Gasteiger partial charge on any atom is 0.490 e. The molecule has 1 aliphatic carbocycles. The van der Waals surface area contributed by atoms with E-state index in [1.165, 1.54) is 17.8 Å². The Kier molecular flexibility index (Phi) is 5.33. The fourth-order valence-electron chi connectivity index (χ4n) is 3.76. The third kappa shape index (κ3) is 4.32. The van der Waals surface area contributed by atoms with Gasteiger partial charge in [0.25, 0.3) is 0 Å². The molecule has 0 radical (unpaired) electrons. The van der Waals surface area contributed by atoms with Gasteiger partial charge < -0.3 is 31.0 Å². The van der Waals surface area contributed by atoms with Crippen molar-refractivity contribution >= 4 is 46.4 Å². The minimum Gasteiger partial charge on any atom is -0.382 e. The first kappa shape index (κ1) is 23.6. The van der Waals surface area contributed by atoms with Crippen molar-refractivity contribution in [3.05, 3.63) is 6.33 Å². The lowest BCUT2D eigenvalue weighted by atomic mass is 10.0. The summed E-state index contributed by atoms with van der Waals surface area (Å²) >= 11 is 0. The first-order valence-electron chi connectivity index (χ1n) is 8.53. The number of alkyl halides is 1. The average molecular weight is 519 g/mol. The number of anilines is 2. The molecule has 2 aromatic heterocycles. The number of phosphoric acid groups is 3. The van der Waals surface area contributed by atoms with E-state index in [0.717, 1.165) is 0 Å². The van der Waals surface area contributed by atoms with E-state index in [0.29, 0.717) is 0 Å². The molecule has 32 heavy (non-hydrogen) atoms. The molecule has 0 bridgehead atoms. The standard InChI is InChI=1S/C11H17FN7O10P3/c1-11(12)3-4(6(3)27-31(23,24)29-32(25,26)28-30(20,21)22)16-9(11)19-2-15-5-7(13)17-10(14)18-8(5)19/h2-4,6,9,16H,1H3,(H,23,24)(H,25,26)(H2,20,21,22)(H4,13,14,17,18)/t3?,4-,6?,9-,11+/m0/s1. The molecule has 1 saturated heterocycles. The third-order valence-corrected chi connectivity index (χ3v) is 8.74. The van der Waals surface area contributed by atoms with E-state index >= 15 is 4.39 Å². The van der Waals surface area contributed by atoms with Gasteiger partial charge in [-0.15, -0.1) is 0 Å². The SMILES string of the molecule is C[C@@]1(F)C2C(OP(=O)(O)OP(=O)(O)OP(=O)(O)O)[C@H]2N[C@H]1n1cnc2c(N)nc(N)nc21. The molecule has 2 fully saturated rings. The number of fused-ring (bicyclic) bond motifs is 2. The lowest BCUT2D eigenvalue weighted by Crippen LogP contribution is -2.40. The Morgan fingerprint density at radius 3 is 2.38 bits per heavy atom. The van der Waals surface area contributed by atoms with Crippen LogP contribution in [0.5, 0.6) is 0 Å². The number of nitrogens with zero attached hydrogens (tertiary/aromatic N) is 4. The minimum absolute atomic E-state index is 0.0134. The molecule has 0 amide bonds. The van der Waals surface area contributed by atoms with E-state index in [1.54, 1.807) is 0 Å². The van der Waals surface area contributed by atoms with E-state index in [1.807, 2.05) is 0 Å². The van der Waals surface area contributed by atoms with Crippen molar-refractivity contribution in [3.8, 4) is 0 Å². The second-order valence-electron chi connectivity index (χ2n) is 7.22. The molecular formula is C11H17FN7O10P3. The smallest absolute Gasteiger partial charge is 0.382 e. The highest BCUT2D eigenvalue weighted by Gasteiger charge is 2.72. The van der Waals surface area contributed by atoms with Gasteiger partial charge in [0.2, 0.25) is 5.95 Å². The van der Waals surface area contributed by atoms with Crippen LogP contribution in [0.25, 0.3) is 11.2 Å². The molecule has 4 unspecified atom stereocenters. The Balaban J connectivity index is 1.50. The highest BCUT2D eigenvalue weighted by atomic mass is 31.3. The molecule has 21 heteroatoms. The molecule has 1 saturated carbocycles. The van der Waals surface area contributed by atoms with Crippen LogP contribution in [0, 0.1) is 5.92 Å². The molecule has 2 aromatic rings. The molecule has 1 aliphatic heterocycles. The van der Waals surface area contributed by atoms with Crippen LogP contribution in [0.3, 0.4) is 0 Å². The maximum absolute atomic E-state index is 15.6. The topological polar surface area (TPSA) is 267 Å². The number of piperidine rings is 1. The summed E-state index contributed by atoms with van der Waals surface area (Å²) in [6.45, 7) is 1.18. The summed E-state index contributed by atoms with van der Waals surface area (Å²) in [4.78, 5) is 47.8. The quantitative estimate of drug-likeness (QED) is 0.228. The first-order valence-corrected chi connectivity index (χ1v) is 13.1. The van der Waals surface area contributed by atoms with Crippen molar-refractivity contribution in [3.63, 3.8) is 0 Å². The molecule has 7 atom stereocenters. The predicted octanol–water partition coefficient (Wildman–Crippen LogP) is -0.469. The van der Waals surface area contributed by atoms with Gasteiger partial charge in [0.05, 0.1) is 12.4 Å². The lowest BCUT2D eigenvalue weighted by Gasteiger charge is -2.29. The zero-order chi connectivity index (χ0) is 23.9. The van der Waals surface area contributed by atoms with Crippen LogP contribution in [0.15, 0.2) is 6.33 Å². The molecule has 0 spiro atoms. The van der Waals surface area contributed by atoms with Gasteiger partial charge in [-0.1, -0.05) is 0 Å². The van der Waals surface area contributed by atoms with Crippen LogP contribution in [-0.2, 0) is 26.8 Å². The Labute approximate surface area is 177 Å². The van der Waals surface area contributed by atoms with E-state index in [9.17, 15) is 23.5 Å². The fourth-order valence-corrected chi connectivity index (χ4v) is 6.99. The first-order chi connectivity index (χ1) is 14.5. The van der Waals surface area contributed by atoms with Crippen molar-refractivity contribution in [2.75, 3.05) is 11.5 Å². The van der Waals surface area contributed by atoms with Crippen molar-refractivity contribution in [2.45, 2.75) is 30.9 Å². The number of nitrogens with one attached hydrogen (secondary N) is 1. The highest BCUT2D eigenvalue weighted by Crippen LogP contribution is 2.69. The van der Waals surface area contributed by atoms with Gasteiger partial charge in [0, 0.05) is 12.0 Å². The number of rotatable bonds is 7. The molecule has 178 valence electrons. The van der Waals surface area contributed by atoms with Gasteiger partial charge in [-0.2, -0.15) is 18.6 Å². The van der Waals surface area contributed by atoms with Crippen molar-refractivity contribution < 1.29 is 50.8 Å². The number of nitrogen functional groups attached to an aromatic ring is 2. The van der Waals surface area contributed by atoms with Crippen LogP contribution >= 0.6 is 23.5 Å². The third-order valence-electron chi connectivity index (χ3n) is 4.91. The second kappa shape index (κ2) is 7.22. The van der Waals surface area contributed by atoms with Crippen molar-refractivity contribution in [1.82, 2.24) is 24.8 Å². The number of phosphoric ester groups is 1. The largest absolute Gasteiger partial charge is 0.490 e. The van der Waals surface area contributed by atoms with E-state index in [2.05, 4.69) is 28.9 Å². The Morgan fingerprint density at radius 1 is 1.16 bits per heavy atom. The van der Waals surface area contributed by atoms with Gasteiger partial charge in [0.1, 0.15) is 17.4 Å². The second-order valence-corrected chi connectivity index (χ2v) is 11.6. The summed E-state index contributed by atoms with van der Waals surface area (Å²) in [6.07, 6.45) is -1.10. The number of nitrogens with two attached hydrogens (primary N) is 2. The summed E-state index contributed by atoms with van der Waals surface area (Å²) in [7, 11) is -16.6. The Bertz CT molecular complexity index is 1230. The van der Waals surface area contributed by atoms with Gasteiger partial charge in [-0.3, -0.25) is 14.4 Å². The zero-order valence-corrected chi connectivity index (χ0v) is 18.5. The van der Waals surface area contributed by atoms with Gasteiger partial charge >= 0.3 is 23.5 Å². The van der Waals surface area contributed by atoms with E-state index in [-0.39, 0.29) is 22.9 Å². The van der Waals surface area contributed by atoms with Gasteiger partial charge in [-0.05, 0) is 6.92 Å². The molecule has 4 rings (SSSR count).